The van der Waals surface area contributed by atoms with Crippen LogP contribution < -0.4 is 10.1 Å². The summed E-state index contributed by atoms with van der Waals surface area (Å²) in [5.74, 6) is -0.891. The number of benzene rings is 2. The van der Waals surface area contributed by atoms with Gasteiger partial charge in [0.2, 0.25) is 0 Å². The summed E-state index contributed by atoms with van der Waals surface area (Å²) in [4.78, 5) is 24.7. The third-order valence-corrected chi connectivity index (χ3v) is 6.29. The van der Waals surface area contributed by atoms with Gasteiger partial charge in [0.1, 0.15) is 5.01 Å². The number of ether oxygens (including phenoxy) is 1. The number of thiazole rings is 1. The minimum absolute atomic E-state index is 0.0802. The van der Waals surface area contributed by atoms with Crippen molar-refractivity contribution in [3.8, 4) is 27.8 Å². The molecule has 1 atom stereocenters. The van der Waals surface area contributed by atoms with Gasteiger partial charge in [0.05, 0.1) is 36.8 Å². The first-order valence-corrected chi connectivity index (χ1v) is 12.0. The van der Waals surface area contributed by atoms with Crippen molar-refractivity contribution in [2.75, 3.05) is 11.9 Å². The molecule has 0 fully saturated rings. The Bertz CT molecular complexity index is 1240. The molecule has 34 heavy (non-hydrogen) atoms. The van der Waals surface area contributed by atoms with Crippen LogP contribution in [0.5, 0.6) is 6.01 Å². The van der Waals surface area contributed by atoms with Crippen LogP contribution in [0.1, 0.15) is 38.2 Å². The predicted molar refractivity (Wildman–Crippen MR) is 135 cm³/mol. The van der Waals surface area contributed by atoms with E-state index in [1.54, 1.807) is 23.7 Å². The van der Waals surface area contributed by atoms with Crippen molar-refractivity contribution in [3.63, 3.8) is 0 Å². The highest BCUT2D eigenvalue weighted by molar-refractivity contribution is 7.13. The van der Waals surface area contributed by atoms with Crippen LogP contribution in [0.2, 0.25) is 0 Å². The third kappa shape index (κ3) is 5.58. The Morgan fingerprint density at radius 1 is 1.12 bits per heavy atom. The summed E-state index contributed by atoms with van der Waals surface area (Å²) < 4.78 is 5.34. The van der Waals surface area contributed by atoms with Crippen LogP contribution in [-0.4, -0.2) is 32.6 Å². The van der Waals surface area contributed by atoms with E-state index in [0.717, 1.165) is 39.5 Å². The summed E-state index contributed by atoms with van der Waals surface area (Å²) >= 11 is 1.57. The van der Waals surface area contributed by atoms with Crippen LogP contribution >= 0.6 is 11.3 Å². The van der Waals surface area contributed by atoms with E-state index in [0.29, 0.717) is 18.3 Å². The number of carbonyl (C=O) groups is 1. The van der Waals surface area contributed by atoms with Crippen molar-refractivity contribution >= 4 is 28.7 Å². The Morgan fingerprint density at radius 2 is 1.88 bits per heavy atom. The molecule has 174 valence electrons. The third-order valence-electron chi connectivity index (χ3n) is 5.41. The van der Waals surface area contributed by atoms with Crippen LogP contribution in [0.3, 0.4) is 0 Å². The quantitative estimate of drug-likeness (QED) is 0.275. The van der Waals surface area contributed by atoms with E-state index in [9.17, 15) is 9.90 Å². The highest BCUT2D eigenvalue weighted by Gasteiger charge is 2.18. The molecule has 0 spiro atoms. The van der Waals surface area contributed by atoms with Crippen LogP contribution in [0.25, 0.3) is 21.8 Å². The number of anilines is 2. The topological polar surface area (TPSA) is 97.2 Å². The number of carboxylic acids is 1. The summed E-state index contributed by atoms with van der Waals surface area (Å²) in [7, 11) is 0. The monoisotopic (exact) mass is 474 g/mol. The molecular weight excluding hydrogens is 448 g/mol. The molecule has 2 aromatic heterocycles. The van der Waals surface area contributed by atoms with Gasteiger partial charge in [-0.2, -0.15) is 0 Å². The highest BCUT2D eigenvalue weighted by atomic mass is 32.1. The first-order chi connectivity index (χ1) is 16.6. The molecule has 4 rings (SSSR count). The second-order valence-corrected chi connectivity index (χ2v) is 8.58. The lowest BCUT2D eigenvalue weighted by molar-refractivity contribution is -0.137. The maximum absolute atomic E-state index is 11.4. The van der Waals surface area contributed by atoms with Crippen LogP contribution in [0, 0.1) is 0 Å². The number of carboxylic acid groups (broad SMARTS) is 1. The lowest BCUT2D eigenvalue weighted by Gasteiger charge is -2.17. The first-order valence-electron chi connectivity index (χ1n) is 11.2. The standard InChI is InChI=1S/C26H26N4O3S/c1-3-17(13-24(31)32)19-10-11-21(25-30-23(16-34-25)18-8-6-5-7-9-18)22(12-19)29-20-14-27-26(28-15-20)33-4-2/h5-12,14-17,29H,3-4,13H2,1-2H3,(H,31,32). The molecule has 0 radical (unpaired) electrons. The van der Waals surface area contributed by atoms with Crippen LogP contribution in [0.4, 0.5) is 11.4 Å². The van der Waals surface area contributed by atoms with Gasteiger partial charge in [-0.1, -0.05) is 43.3 Å². The molecule has 1 unspecified atom stereocenters. The Balaban J connectivity index is 1.71. The molecule has 0 bridgehead atoms. The highest BCUT2D eigenvalue weighted by Crippen LogP contribution is 2.37. The smallest absolute Gasteiger partial charge is 0.316 e. The molecule has 8 heteroatoms. The van der Waals surface area contributed by atoms with Crippen LogP contribution in [0.15, 0.2) is 66.3 Å². The number of rotatable bonds is 10. The molecule has 0 aliphatic carbocycles. The average molecular weight is 475 g/mol. The van der Waals surface area contributed by atoms with Gasteiger partial charge < -0.3 is 15.2 Å². The van der Waals surface area contributed by atoms with Crippen LogP contribution in [-0.2, 0) is 4.79 Å². The van der Waals surface area contributed by atoms with E-state index >= 15 is 0 Å². The summed E-state index contributed by atoms with van der Waals surface area (Å²) in [5, 5.41) is 15.7. The number of aliphatic carboxylic acids is 1. The molecule has 0 amide bonds. The van der Waals surface area contributed by atoms with Crippen molar-refractivity contribution in [3.05, 3.63) is 71.9 Å². The Labute approximate surface area is 202 Å². The predicted octanol–water partition coefficient (Wildman–Crippen LogP) is 6.38. The van der Waals surface area contributed by atoms with Crippen molar-refractivity contribution in [2.24, 2.45) is 0 Å². The van der Waals surface area contributed by atoms with E-state index in [2.05, 4.69) is 15.3 Å². The molecule has 0 saturated carbocycles. The zero-order valence-electron chi connectivity index (χ0n) is 19.1. The van der Waals surface area contributed by atoms with E-state index in [1.165, 1.54) is 0 Å². The molecular formula is C26H26N4O3S. The van der Waals surface area contributed by atoms with E-state index in [4.69, 9.17) is 9.72 Å². The minimum atomic E-state index is -0.808. The van der Waals surface area contributed by atoms with Gasteiger partial charge in [0, 0.05) is 22.2 Å². The number of aromatic nitrogens is 3. The van der Waals surface area contributed by atoms with E-state index in [-0.39, 0.29) is 12.3 Å². The number of hydrogen-bond donors (Lipinski definition) is 2. The molecule has 2 N–H and O–H groups in total. The number of nitrogens with one attached hydrogen (secondary N) is 1. The SMILES string of the molecule is CCOc1ncc(Nc2cc(C(CC)CC(=O)O)ccc2-c2nc(-c3ccccc3)cs2)cn1. The fraction of sp³-hybridized carbons (Fsp3) is 0.231. The van der Waals surface area contributed by atoms with Gasteiger partial charge in [-0.3, -0.25) is 4.79 Å². The molecule has 2 heterocycles. The Morgan fingerprint density at radius 3 is 2.56 bits per heavy atom. The lowest BCUT2D eigenvalue weighted by Crippen LogP contribution is -2.06. The van der Waals surface area contributed by atoms with Crippen molar-refractivity contribution in [2.45, 2.75) is 32.6 Å². The van der Waals surface area contributed by atoms with Gasteiger partial charge in [-0.25, -0.2) is 15.0 Å². The summed E-state index contributed by atoms with van der Waals surface area (Å²) in [5.41, 5.74) is 5.38. The summed E-state index contributed by atoms with van der Waals surface area (Å²) in [6, 6.07) is 16.4. The minimum Gasteiger partial charge on any atom is -0.481 e. The average Bonchev–Trinajstić information content (AvgIpc) is 3.34. The molecule has 0 aliphatic rings. The lowest BCUT2D eigenvalue weighted by atomic mass is 9.92. The molecule has 0 aliphatic heterocycles. The summed E-state index contributed by atoms with van der Waals surface area (Å²) in [6.45, 7) is 4.38. The fourth-order valence-electron chi connectivity index (χ4n) is 3.69. The first kappa shape index (κ1) is 23.4. The number of nitrogens with zero attached hydrogens (tertiary/aromatic N) is 3. The van der Waals surface area contributed by atoms with Gasteiger partial charge in [0.15, 0.2) is 0 Å². The molecule has 7 nitrogen and oxygen atoms in total. The van der Waals surface area contributed by atoms with Gasteiger partial charge in [0.25, 0.3) is 0 Å². The largest absolute Gasteiger partial charge is 0.481 e. The van der Waals surface area contributed by atoms with Gasteiger partial charge in [-0.15, -0.1) is 11.3 Å². The fourth-order valence-corrected chi connectivity index (χ4v) is 4.56. The van der Waals surface area contributed by atoms with Crippen molar-refractivity contribution < 1.29 is 14.6 Å². The van der Waals surface area contributed by atoms with E-state index in [1.807, 2.05) is 67.8 Å². The summed E-state index contributed by atoms with van der Waals surface area (Å²) in [6.07, 6.45) is 4.14. The Kier molecular flexibility index (Phi) is 7.49. The van der Waals surface area contributed by atoms with E-state index < -0.39 is 5.97 Å². The van der Waals surface area contributed by atoms with Gasteiger partial charge in [-0.05, 0) is 37.0 Å². The maximum Gasteiger partial charge on any atom is 0.316 e. The molecule has 0 saturated heterocycles. The zero-order chi connectivity index (χ0) is 23.9. The van der Waals surface area contributed by atoms with Crippen molar-refractivity contribution in [1.29, 1.82) is 0 Å². The Hall–Kier alpha value is -3.78. The van der Waals surface area contributed by atoms with Crippen molar-refractivity contribution in [1.82, 2.24) is 15.0 Å². The second kappa shape index (κ2) is 10.9. The normalized spacial score (nSPS) is 11.7. The van der Waals surface area contributed by atoms with Gasteiger partial charge >= 0.3 is 12.0 Å². The maximum atomic E-state index is 11.4. The molecule has 4 aromatic rings. The molecule has 2 aromatic carbocycles. The number of hydrogen-bond acceptors (Lipinski definition) is 7. The zero-order valence-corrected chi connectivity index (χ0v) is 19.9. The second-order valence-electron chi connectivity index (χ2n) is 7.72.